The number of carbonyl (C=O) groups excluding carboxylic acids is 1. The summed E-state index contributed by atoms with van der Waals surface area (Å²) in [5, 5.41) is 2.54. The molecular weight excluding hydrogens is 339 g/mol. The molecule has 1 aromatic rings. The molecule has 0 aliphatic carbocycles. The normalized spacial score (nSPS) is 11.6. The molecule has 0 aliphatic heterocycles. The molecule has 1 amide bonds. The van der Waals surface area contributed by atoms with E-state index in [9.17, 15) is 17.6 Å². The highest BCUT2D eigenvalue weighted by Crippen LogP contribution is 2.19. The number of hydrogen-bond acceptors (Lipinski definition) is 3. The lowest BCUT2D eigenvalue weighted by atomic mass is 10.3. The van der Waals surface area contributed by atoms with Gasteiger partial charge in [-0.05, 0) is 48.0 Å². The highest BCUT2D eigenvalue weighted by molar-refractivity contribution is 9.10. The van der Waals surface area contributed by atoms with Gasteiger partial charge in [-0.3, -0.25) is 4.79 Å². The third kappa shape index (κ3) is 4.88. The van der Waals surface area contributed by atoms with E-state index in [0.29, 0.717) is 0 Å². The van der Waals surface area contributed by atoms with Gasteiger partial charge in [-0.15, -0.1) is 0 Å². The summed E-state index contributed by atoms with van der Waals surface area (Å²) in [4.78, 5) is 11.1. The minimum atomic E-state index is -3.90. The van der Waals surface area contributed by atoms with Crippen LogP contribution in [0, 0.1) is 5.82 Å². The Morgan fingerprint density at radius 2 is 2.05 bits per heavy atom. The Bertz CT molecular complexity index is 575. The number of halogens is 2. The molecule has 106 valence electrons. The molecule has 0 atom stereocenters. The van der Waals surface area contributed by atoms with Crippen molar-refractivity contribution in [3.05, 3.63) is 28.5 Å². The SMILES string of the molecule is CC(C)NC(=O)CNS(=O)(=O)c1ccc(Br)c(F)c1. The number of rotatable bonds is 5. The van der Waals surface area contributed by atoms with Crippen LogP contribution < -0.4 is 10.0 Å². The van der Waals surface area contributed by atoms with Crippen molar-refractivity contribution in [3.63, 3.8) is 0 Å². The van der Waals surface area contributed by atoms with Gasteiger partial charge in [0.25, 0.3) is 0 Å². The molecule has 0 radical (unpaired) electrons. The molecule has 0 fully saturated rings. The van der Waals surface area contributed by atoms with E-state index in [0.717, 1.165) is 6.07 Å². The Morgan fingerprint density at radius 1 is 1.42 bits per heavy atom. The Labute approximate surface area is 119 Å². The molecule has 0 saturated carbocycles. The zero-order valence-corrected chi connectivity index (χ0v) is 12.8. The van der Waals surface area contributed by atoms with Crippen molar-refractivity contribution in [2.75, 3.05) is 6.54 Å². The summed E-state index contributed by atoms with van der Waals surface area (Å²) in [5.41, 5.74) is 0. The molecule has 0 aromatic heterocycles. The van der Waals surface area contributed by atoms with E-state index in [4.69, 9.17) is 0 Å². The first-order valence-electron chi connectivity index (χ1n) is 5.46. The van der Waals surface area contributed by atoms with E-state index in [1.807, 2.05) is 0 Å². The maximum absolute atomic E-state index is 13.3. The summed E-state index contributed by atoms with van der Waals surface area (Å²) >= 11 is 2.93. The predicted molar refractivity (Wildman–Crippen MR) is 72.6 cm³/mol. The summed E-state index contributed by atoms with van der Waals surface area (Å²) in [5.74, 6) is -1.13. The van der Waals surface area contributed by atoms with Gasteiger partial charge in [0.1, 0.15) is 5.82 Å². The number of amides is 1. The standard InChI is InChI=1S/C11H14BrFN2O3S/c1-7(2)15-11(16)6-14-19(17,18)8-3-4-9(12)10(13)5-8/h3-5,7,14H,6H2,1-2H3,(H,15,16). The number of carbonyl (C=O) groups is 1. The van der Waals surface area contributed by atoms with Crippen molar-refractivity contribution in [2.45, 2.75) is 24.8 Å². The van der Waals surface area contributed by atoms with Crippen LogP contribution in [0.3, 0.4) is 0 Å². The number of benzene rings is 1. The van der Waals surface area contributed by atoms with Crippen LogP contribution in [0.4, 0.5) is 4.39 Å². The summed E-state index contributed by atoms with van der Waals surface area (Å²) in [7, 11) is -3.90. The van der Waals surface area contributed by atoms with E-state index < -0.39 is 28.3 Å². The molecule has 1 aromatic carbocycles. The third-order valence-corrected chi connectivity index (χ3v) is 4.12. The topological polar surface area (TPSA) is 75.3 Å². The fourth-order valence-corrected chi connectivity index (χ4v) is 2.50. The number of nitrogens with one attached hydrogen (secondary N) is 2. The van der Waals surface area contributed by atoms with E-state index in [1.54, 1.807) is 13.8 Å². The first kappa shape index (κ1) is 16.1. The lowest BCUT2D eigenvalue weighted by Gasteiger charge is -2.10. The summed E-state index contributed by atoms with van der Waals surface area (Å²) in [6.45, 7) is 3.13. The molecule has 0 spiro atoms. The average Bonchev–Trinajstić information content (AvgIpc) is 2.29. The Morgan fingerprint density at radius 3 is 2.58 bits per heavy atom. The van der Waals surface area contributed by atoms with Crippen molar-refractivity contribution >= 4 is 31.9 Å². The fourth-order valence-electron chi connectivity index (χ4n) is 1.26. The summed E-state index contributed by atoms with van der Waals surface area (Å²) < 4.78 is 39.2. The van der Waals surface area contributed by atoms with Gasteiger partial charge >= 0.3 is 0 Å². The number of hydrogen-bond donors (Lipinski definition) is 2. The highest BCUT2D eigenvalue weighted by Gasteiger charge is 2.17. The smallest absolute Gasteiger partial charge is 0.241 e. The van der Waals surface area contributed by atoms with Crippen molar-refractivity contribution in [2.24, 2.45) is 0 Å². The van der Waals surface area contributed by atoms with E-state index in [1.165, 1.54) is 12.1 Å². The van der Waals surface area contributed by atoms with Crippen LogP contribution in [0.5, 0.6) is 0 Å². The molecule has 2 N–H and O–H groups in total. The van der Waals surface area contributed by atoms with Gasteiger partial charge in [0, 0.05) is 6.04 Å². The van der Waals surface area contributed by atoms with Gasteiger partial charge < -0.3 is 5.32 Å². The molecule has 0 unspecified atom stereocenters. The zero-order valence-electron chi connectivity index (χ0n) is 10.4. The van der Waals surface area contributed by atoms with Crippen LogP contribution in [-0.2, 0) is 14.8 Å². The molecular formula is C11H14BrFN2O3S. The van der Waals surface area contributed by atoms with Crippen molar-refractivity contribution in [1.29, 1.82) is 0 Å². The van der Waals surface area contributed by atoms with Crippen LogP contribution in [0.15, 0.2) is 27.6 Å². The monoisotopic (exact) mass is 352 g/mol. The second-order valence-electron chi connectivity index (χ2n) is 4.12. The molecule has 1 rings (SSSR count). The Hall–Kier alpha value is -0.990. The van der Waals surface area contributed by atoms with Crippen LogP contribution in [-0.4, -0.2) is 26.9 Å². The van der Waals surface area contributed by atoms with Crippen molar-refractivity contribution in [1.82, 2.24) is 10.0 Å². The summed E-state index contributed by atoms with van der Waals surface area (Å²) in [6.07, 6.45) is 0. The largest absolute Gasteiger partial charge is 0.353 e. The second-order valence-corrected chi connectivity index (χ2v) is 6.74. The zero-order chi connectivity index (χ0) is 14.6. The maximum atomic E-state index is 13.3. The third-order valence-electron chi connectivity index (χ3n) is 2.07. The molecule has 0 heterocycles. The van der Waals surface area contributed by atoms with Crippen LogP contribution in [0.1, 0.15) is 13.8 Å². The molecule has 0 aliphatic rings. The summed E-state index contributed by atoms with van der Waals surface area (Å²) in [6, 6.07) is 3.34. The number of sulfonamides is 1. The van der Waals surface area contributed by atoms with Crippen LogP contribution in [0.25, 0.3) is 0 Å². The minimum absolute atomic E-state index is 0.0814. The van der Waals surface area contributed by atoms with Gasteiger partial charge in [-0.1, -0.05) is 0 Å². The van der Waals surface area contributed by atoms with E-state index in [-0.39, 0.29) is 15.4 Å². The molecule has 8 heteroatoms. The van der Waals surface area contributed by atoms with E-state index in [2.05, 4.69) is 26.0 Å². The Balaban J connectivity index is 2.76. The lowest BCUT2D eigenvalue weighted by Crippen LogP contribution is -2.39. The lowest BCUT2D eigenvalue weighted by molar-refractivity contribution is -0.120. The van der Waals surface area contributed by atoms with Gasteiger partial charge in [-0.2, -0.15) is 0 Å². The first-order chi connectivity index (χ1) is 8.72. The van der Waals surface area contributed by atoms with Crippen LogP contribution >= 0.6 is 15.9 Å². The quantitative estimate of drug-likeness (QED) is 0.840. The van der Waals surface area contributed by atoms with Gasteiger partial charge in [0.05, 0.1) is 15.9 Å². The highest BCUT2D eigenvalue weighted by atomic mass is 79.9. The first-order valence-corrected chi connectivity index (χ1v) is 7.74. The van der Waals surface area contributed by atoms with Gasteiger partial charge in [-0.25, -0.2) is 17.5 Å². The fraction of sp³-hybridized carbons (Fsp3) is 0.364. The maximum Gasteiger partial charge on any atom is 0.241 e. The Kier molecular flexibility index (Phi) is 5.45. The molecule has 0 bridgehead atoms. The van der Waals surface area contributed by atoms with Crippen molar-refractivity contribution in [3.8, 4) is 0 Å². The predicted octanol–water partition coefficient (Wildman–Crippen LogP) is 1.39. The molecule has 5 nitrogen and oxygen atoms in total. The van der Waals surface area contributed by atoms with Crippen molar-refractivity contribution < 1.29 is 17.6 Å². The van der Waals surface area contributed by atoms with E-state index >= 15 is 0 Å². The van der Waals surface area contributed by atoms with Crippen LogP contribution in [0.2, 0.25) is 0 Å². The average molecular weight is 353 g/mol. The molecule has 0 saturated heterocycles. The molecule has 19 heavy (non-hydrogen) atoms. The van der Waals surface area contributed by atoms with Gasteiger partial charge in [0.15, 0.2) is 0 Å². The minimum Gasteiger partial charge on any atom is -0.353 e. The van der Waals surface area contributed by atoms with Gasteiger partial charge in [0.2, 0.25) is 15.9 Å². The second kappa shape index (κ2) is 6.44.